The van der Waals surface area contributed by atoms with Gasteiger partial charge in [0.15, 0.2) is 4.34 Å². The molecule has 2 rings (SSSR count). The number of aryl methyl sites for hydroxylation is 1. The Labute approximate surface area is 135 Å². The standard InChI is InChI=1S/C15H22N4S2/c1-10(2)16-9-12-6-7-13(11(3)8-12)20-15-18-17-14(21-15)19(4)5/h6-8,10,16H,9H2,1-5H3. The van der Waals surface area contributed by atoms with Gasteiger partial charge >= 0.3 is 0 Å². The molecule has 0 atom stereocenters. The molecule has 0 unspecified atom stereocenters. The number of hydrogen-bond donors (Lipinski definition) is 1. The van der Waals surface area contributed by atoms with Crippen LogP contribution in [0, 0.1) is 6.92 Å². The Bertz CT molecular complexity index is 593. The lowest BCUT2D eigenvalue weighted by Crippen LogP contribution is -2.21. The Hall–Kier alpha value is -1.11. The average molecular weight is 323 g/mol. The minimum Gasteiger partial charge on any atom is -0.353 e. The maximum atomic E-state index is 4.23. The second-order valence-corrected chi connectivity index (χ2v) is 7.73. The SMILES string of the molecule is Cc1cc(CNC(C)C)ccc1Sc1nnc(N(C)C)s1. The molecule has 0 spiro atoms. The average Bonchev–Trinajstić information content (AvgIpc) is 2.88. The van der Waals surface area contributed by atoms with Crippen molar-refractivity contribution in [1.29, 1.82) is 0 Å². The van der Waals surface area contributed by atoms with Gasteiger partial charge in [0.1, 0.15) is 0 Å². The largest absolute Gasteiger partial charge is 0.353 e. The van der Waals surface area contributed by atoms with Gasteiger partial charge in [-0.25, -0.2) is 0 Å². The highest BCUT2D eigenvalue weighted by Gasteiger charge is 2.09. The Morgan fingerprint density at radius 1 is 1.29 bits per heavy atom. The molecule has 0 amide bonds. The van der Waals surface area contributed by atoms with E-state index in [0.717, 1.165) is 16.0 Å². The molecule has 1 N–H and O–H groups in total. The van der Waals surface area contributed by atoms with Crippen LogP contribution in [0.25, 0.3) is 0 Å². The number of aromatic nitrogens is 2. The predicted molar refractivity (Wildman–Crippen MR) is 91.5 cm³/mol. The van der Waals surface area contributed by atoms with Crippen LogP contribution in [0.5, 0.6) is 0 Å². The summed E-state index contributed by atoms with van der Waals surface area (Å²) in [4.78, 5) is 3.22. The quantitative estimate of drug-likeness (QED) is 0.880. The zero-order chi connectivity index (χ0) is 15.4. The van der Waals surface area contributed by atoms with E-state index in [1.54, 1.807) is 23.1 Å². The summed E-state index contributed by atoms with van der Waals surface area (Å²) >= 11 is 3.30. The topological polar surface area (TPSA) is 41.1 Å². The molecule has 21 heavy (non-hydrogen) atoms. The normalized spacial score (nSPS) is 11.1. The lowest BCUT2D eigenvalue weighted by molar-refractivity contribution is 0.588. The first kappa shape index (κ1) is 16.3. The molecule has 0 radical (unpaired) electrons. The van der Waals surface area contributed by atoms with Crippen molar-refractivity contribution in [2.75, 3.05) is 19.0 Å². The van der Waals surface area contributed by atoms with Crippen LogP contribution < -0.4 is 10.2 Å². The number of benzene rings is 1. The summed E-state index contributed by atoms with van der Waals surface area (Å²) in [6, 6.07) is 7.10. The lowest BCUT2D eigenvalue weighted by Gasteiger charge is -2.10. The fourth-order valence-electron chi connectivity index (χ4n) is 1.78. The third-order valence-electron chi connectivity index (χ3n) is 2.93. The first-order chi connectivity index (χ1) is 9.95. The van der Waals surface area contributed by atoms with E-state index in [1.165, 1.54) is 16.0 Å². The molecule has 0 aliphatic rings. The molecule has 4 nitrogen and oxygen atoms in total. The van der Waals surface area contributed by atoms with Crippen LogP contribution in [0.4, 0.5) is 5.13 Å². The molecule has 0 aliphatic carbocycles. The third-order valence-corrected chi connectivity index (χ3v) is 5.25. The number of nitrogens with one attached hydrogen (secondary N) is 1. The minimum atomic E-state index is 0.505. The van der Waals surface area contributed by atoms with E-state index in [1.807, 2.05) is 19.0 Å². The van der Waals surface area contributed by atoms with Crippen molar-refractivity contribution >= 4 is 28.2 Å². The summed E-state index contributed by atoms with van der Waals surface area (Å²) < 4.78 is 0.981. The highest BCUT2D eigenvalue weighted by atomic mass is 32.2. The van der Waals surface area contributed by atoms with Crippen molar-refractivity contribution in [3.63, 3.8) is 0 Å². The Morgan fingerprint density at radius 3 is 2.62 bits per heavy atom. The molecular weight excluding hydrogens is 300 g/mol. The third kappa shape index (κ3) is 4.69. The van der Waals surface area contributed by atoms with Crippen molar-refractivity contribution in [1.82, 2.24) is 15.5 Å². The number of anilines is 1. The lowest BCUT2D eigenvalue weighted by atomic mass is 10.1. The molecular formula is C15H22N4S2. The van der Waals surface area contributed by atoms with Gasteiger partial charge in [0.2, 0.25) is 5.13 Å². The number of rotatable bonds is 6. The molecule has 114 valence electrons. The van der Waals surface area contributed by atoms with Crippen LogP contribution in [-0.2, 0) is 6.54 Å². The van der Waals surface area contributed by atoms with Crippen molar-refractivity contribution in [3.8, 4) is 0 Å². The second-order valence-electron chi connectivity index (χ2n) is 5.48. The molecule has 2 aromatic rings. The maximum absolute atomic E-state index is 4.23. The first-order valence-corrected chi connectivity index (χ1v) is 8.60. The van der Waals surface area contributed by atoms with E-state index < -0.39 is 0 Å². The van der Waals surface area contributed by atoms with Crippen LogP contribution in [-0.4, -0.2) is 30.3 Å². The summed E-state index contributed by atoms with van der Waals surface area (Å²) in [6.07, 6.45) is 0. The van der Waals surface area contributed by atoms with E-state index in [4.69, 9.17) is 0 Å². The molecule has 1 aromatic carbocycles. The number of nitrogens with zero attached hydrogens (tertiary/aromatic N) is 3. The monoisotopic (exact) mass is 322 g/mol. The van der Waals surface area contributed by atoms with Crippen LogP contribution in [0.2, 0.25) is 0 Å². The molecule has 6 heteroatoms. The maximum Gasteiger partial charge on any atom is 0.208 e. The van der Waals surface area contributed by atoms with Crippen molar-refractivity contribution < 1.29 is 0 Å². The molecule has 0 saturated carbocycles. The van der Waals surface area contributed by atoms with Crippen molar-refractivity contribution in [2.45, 2.75) is 42.6 Å². The molecule has 0 fully saturated rings. The molecule has 0 saturated heterocycles. The van der Waals surface area contributed by atoms with Crippen LogP contribution in [0.15, 0.2) is 27.4 Å². The molecule has 0 aliphatic heterocycles. The van der Waals surface area contributed by atoms with Gasteiger partial charge in [-0.1, -0.05) is 49.1 Å². The molecule has 1 aromatic heterocycles. The highest BCUT2D eigenvalue weighted by molar-refractivity contribution is 8.01. The first-order valence-electron chi connectivity index (χ1n) is 6.97. The van der Waals surface area contributed by atoms with E-state index in [-0.39, 0.29) is 0 Å². The fourth-order valence-corrected chi connectivity index (χ4v) is 3.56. The molecule has 1 heterocycles. The zero-order valence-electron chi connectivity index (χ0n) is 13.2. The smallest absolute Gasteiger partial charge is 0.208 e. The van der Waals surface area contributed by atoms with Crippen LogP contribution in [0.1, 0.15) is 25.0 Å². The summed E-state index contributed by atoms with van der Waals surface area (Å²) in [7, 11) is 3.97. The van der Waals surface area contributed by atoms with Gasteiger partial charge in [0, 0.05) is 31.6 Å². The number of hydrogen-bond acceptors (Lipinski definition) is 6. The van der Waals surface area contributed by atoms with Crippen LogP contribution in [0.3, 0.4) is 0 Å². The Balaban J connectivity index is 2.06. The molecule has 0 bridgehead atoms. The van der Waals surface area contributed by atoms with Gasteiger partial charge in [0.05, 0.1) is 0 Å². The van der Waals surface area contributed by atoms with E-state index in [0.29, 0.717) is 6.04 Å². The van der Waals surface area contributed by atoms with Gasteiger partial charge in [0.25, 0.3) is 0 Å². The van der Waals surface area contributed by atoms with Gasteiger partial charge in [-0.2, -0.15) is 0 Å². The Morgan fingerprint density at radius 2 is 2.05 bits per heavy atom. The van der Waals surface area contributed by atoms with Gasteiger partial charge in [-0.05, 0) is 24.1 Å². The van der Waals surface area contributed by atoms with Gasteiger partial charge < -0.3 is 10.2 Å². The fraction of sp³-hybridized carbons (Fsp3) is 0.467. The summed E-state index contributed by atoms with van der Waals surface area (Å²) in [5, 5.41) is 12.8. The van der Waals surface area contributed by atoms with Crippen molar-refractivity contribution in [3.05, 3.63) is 29.3 Å². The summed E-state index contributed by atoms with van der Waals surface area (Å²) in [5.41, 5.74) is 2.60. The minimum absolute atomic E-state index is 0.505. The predicted octanol–water partition coefficient (Wildman–Crippen LogP) is 3.56. The van der Waals surface area contributed by atoms with Crippen LogP contribution >= 0.6 is 23.1 Å². The van der Waals surface area contributed by atoms with E-state index >= 15 is 0 Å². The zero-order valence-corrected chi connectivity index (χ0v) is 14.8. The second kappa shape index (κ2) is 7.24. The van der Waals surface area contributed by atoms with Crippen molar-refractivity contribution in [2.24, 2.45) is 0 Å². The highest BCUT2D eigenvalue weighted by Crippen LogP contribution is 2.34. The summed E-state index contributed by atoms with van der Waals surface area (Å²) in [6.45, 7) is 7.38. The van der Waals surface area contributed by atoms with E-state index in [9.17, 15) is 0 Å². The Kier molecular flexibility index (Phi) is 5.61. The van der Waals surface area contributed by atoms with E-state index in [2.05, 4.69) is 54.5 Å². The van der Waals surface area contributed by atoms with Gasteiger partial charge in [-0.15, -0.1) is 10.2 Å². The summed E-state index contributed by atoms with van der Waals surface area (Å²) in [5.74, 6) is 0. The van der Waals surface area contributed by atoms with Gasteiger partial charge in [-0.3, -0.25) is 0 Å².